The predicted octanol–water partition coefficient (Wildman–Crippen LogP) is 3.15. The van der Waals surface area contributed by atoms with Crippen LogP contribution >= 0.6 is 0 Å². The molecule has 1 N–H and O–H groups in total. The van der Waals surface area contributed by atoms with E-state index in [4.69, 9.17) is 5.11 Å². The minimum Gasteiger partial charge on any atom is -0.481 e. The molecule has 1 aromatic rings. The first-order chi connectivity index (χ1) is 7.43. The summed E-state index contributed by atoms with van der Waals surface area (Å²) in [7, 11) is 0. The zero-order valence-corrected chi connectivity index (χ0v) is 8.53. The molecule has 88 valence electrons. The van der Waals surface area contributed by atoms with Gasteiger partial charge < -0.3 is 5.11 Å². The Hall–Kier alpha value is -1.52. The van der Waals surface area contributed by atoms with Crippen LogP contribution < -0.4 is 0 Å². The van der Waals surface area contributed by atoms with Crippen molar-refractivity contribution in [3.8, 4) is 0 Å². The van der Waals surface area contributed by atoms with E-state index in [1.807, 2.05) is 0 Å². The van der Waals surface area contributed by atoms with E-state index in [0.717, 1.165) is 0 Å². The van der Waals surface area contributed by atoms with Gasteiger partial charge in [0.15, 0.2) is 6.17 Å². The molecule has 0 spiro atoms. The monoisotopic (exact) mass is 232 g/mol. The van der Waals surface area contributed by atoms with Gasteiger partial charge >= 0.3 is 5.97 Å². The van der Waals surface area contributed by atoms with Crippen LogP contribution in [0.5, 0.6) is 0 Å². The lowest BCUT2D eigenvalue weighted by Gasteiger charge is -2.10. The topological polar surface area (TPSA) is 37.3 Å². The number of carboxylic acids is 1. The van der Waals surface area contributed by atoms with E-state index >= 15 is 0 Å². The van der Waals surface area contributed by atoms with Gasteiger partial charge in [-0.15, -0.1) is 0 Å². The summed E-state index contributed by atoms with van der Waals surface area (Å²) in [6, 6.07) is 5.07. The lowest BCUT2D eigenvalue weighted by atomic mass is 9.99. The van der Waals surface area contributed by atoms with E-state index in [0.29, 0.717) is 5.56 Å². The number of benzene rings is 1. The number of aliphatic carboxylic acids is 1. The van der Waals surface area contributed by atoms with Crippen molar-refractivity contribution in [2.45, 2.75) is 25.4 Å². The van der Waals surface area contributed by atoms with Crippen molar-refractivity contribution in [2.75, 3.05) is 0 Å². The molecule has 0 fully saturated rings. The van der Waals surface area contributed by atoms with Gasteiger partial charge in [-0.25, -0.2) is 13.2 Å². The fraction of sp³-hybridized carbons (Fsp3) is 0.364. The maximum absolute atomic E-state index is 12.9. The van der Waals surface area contributed by atoms with Gasteiger partial charge in [-0.05, 0) is 18.1 Å². The Morgan fingerprint density at radius 1 is 1.12 bits per heavy atom. The van der Waals surface area contributed by atoms with Crippen LogP contribution in [-0.4, -0.2) is 17.5 Å². The molecular weight excluding hydrogens is 221 g/mol. The zero-order chi connectivity index (χ0) is 12.3. The van der Waals surface area contributed by atoms with Gasteiger partial charge in [0.25, 0.3) is 6.43 Å². The number of carboxylic acid groups (broad SMARTS) is 1. The maximum atomic E-state index is 12.9. The standard InChI is InChI=1S/C11H11F3O2/c1-6(11(15)16)7-2-4-8(5-3-7)9(12)10(13)14/h2-6,9-10H,1H3,(H,15,16). The molecule has 1 rings (SSSR count). The summed E-state index contributed by atoms with van der Waals surface area (Å²) in [5.74, 6) is -1.75. The lowest BCUT2D eigenvalue weighted by Crippen LogP contribution is -2.08. The first-order valence-electron chi connectivity index (χ1n) is 4.68. The Kier molecular flexibility index (Phi) is 3.93. The van der Waals surface area contributed by atoms with Crippen LogP contribution in [0.3, 0.4) is 0 Å². The second kappa shape index (κ2) is 5.01. The molecular formula is C11H11F3O2. The zero-order valence-electron chi connectivity index (χ0n) is 8.53. The van der Waals surface area contributed by atoms with E-state index in [2.05, 4.69) is 0 Å². The van der Waals surface area contributed by atoms with Gasteiger partial charge in [0, 0.05) is 0 Å². The van der Waals surface area contributed by atoms with Crippen molar-refractivity contribution in [3.63, 3.8) is 0 Å². The molecule has 16 heavy (non-hydrogen) atoms. The Balaban J connectivity index is 2.87. The number of halogens is 3. The predicted molar refractivity (Wildman–Crippen MR) is 52.3 cm³/mol. The van der Waals surface area contributed by atoms with Gasteiger partial charge in [0.05, 0.1) is 5.92 Å². The van der Waals surface area contributed by atoms with Crippen molar-refractivity contribution in [1.29, 1.82) is 0 Å². The molecule has 0 bridgehead atoms. The van der Waals surface area contributed by atoms with E-state index in [-0.39, 0.29) is 5.56 Å². The number of carbonyl (C=O) groups is 1. The minimum atomic E-state index is -3.07. The summed E-state index contributed by atoms with van der Waals surface area (Å²) in [6.45, 7) is 1.47. The van der Waals surface area contributed by atoms with Crippen LogP contribution in [0.25, 0.3) is 0 Å². The average Bonchev–Trinajstić information content (AvgIpc) is 2.27. The van der Waals surface area contributed by atoms with Gasteiger partial charge in [0.2, 0.25) is 0 Å². The summed E-state index contributed by atoms with van der Waals surface area (Å²) < 4.78 is 36.9. The van der Waals surface area contributed by atoms with Gasteiger partial charge in [-0.2, -0.15) is 0 Å². The maximum Gasteiger partial charge on any atom is 0.310 e. The second-order valence-corrected chi connectivity index (χ2v) is 3.46. The smallest absolute Gasteiger partial charge is 0.310 e. The van der Waals surface area contributed by atoms with Gasteiger partial charge in [0.1, 0.15) is 0 Å². The largest absolute Gasteiger partial charge is 0.481 e. The first kappa shape index (κ1) is 12.5. The highest BCUT2D eigenvalue weighted by Gasteiger charge is 2.22. The normalized spacial score (nSPS) is 14.8. The summed E-state index contributed by atoms with van der Waals surface area (Å²) in [4.78, 5) is 10.6. The lowest BCUT2D eigenvalue weighted by molar-refractivity contribution is -0.138. The third-order valence-electron chi connectivity index (χ3n) is 2.35. The minimum absolute atomic E-state index is 0.142. The molecule has 0 saturated heterocycles. The summed E-state index contributed by atoms with van der Waals surface area (Å²) in [6.07, 6.45) is -5.39. The summed E-state index contributed by atoms with van der Waals surface area (Å²) >= 11 is 0. The Labute approximate surface area is 90.7 Å². The molecule has 0 amide bonds. The Morgan fingerprint density at radius 2 is 1.56 bits per heavy atom. The molecule has 0 aliphatic heterocycles. The van der Waals surface area contributed by atoms with Crippen LogP contribution in [0.2, 0.25) is 0 Å². The van der Waals surface area contributed by atoms with Crippen molar-refractivity contribution in [2.24, 2.45) is 0 Å². The summed E-state index contributed by atoms with van der Waals surface area (Å²) in [5, 5.41) is 8.71. The average molecular weight is 232 g/mol. The highest BCUT2D eigenvalue weighted by Crippen LogP contribution is 2.26. The van der Waals surface area contributed by atoms with E-state index < -0.39 is 24.5 Å². The third-order valence-corrected chi connectivity index (χ3v) is 2.35. The number of alkyl halides is 3. The quantitative estimate of drug-likeness (QED) is 0.865. The number of hydrogen-bond acceptors (Lipinski definition) is 1. The third kappa shape index (κ3) is 2.74. The Morgan fingerprint density at radius 3 is 1.94 bits per heavy atom. The molecule has 0 radical (unpaired) electrons. The van der Waals surface area contributed by atoms with Crippen LogP contribution in [0, 0.1) is 0 Å². The highest BCUT2D eigenvalue weighted by atomic mass is 19.3. The highest BCUT2D eigenvalue weighted by molar-refractivity contribution is 5.75. The second-order valence-electron chi connectivity index (χ2n) is 3.46. The first-order valence-corrected chi connectivity index (χ1v) is 4.68. The molecule has 0 aliphatic carbocycles. The number of rotatable bonds is 4. The molecule has 1 aromatic carbocycles. The fourth-order valence-electron chi connectivity index (χ4n) is 1.26. The van der Waals surface area contributed by atoms with Crippen molar-refractivity contribution >= 4 is 5.97 Å². The molecule has 2 unspecified atom stereocenters. The van der Waals surface area contributed by atoms with Crippen LogP contribution in [0.15, 0.2) is 24.3 Å². The molecule has 0 heterocycles. The summed E-state index contributed by atoms with van der Waals surface area (Å²) in [5.41, 5.74) is 0.314. The molecule has 0 aliphatic rings. The van der Waals surface area contributed by atoms with Gasteiger partial charge in [-0.3, -0.25) is 4.79 Å². The Bertz CT molecular complexity index is 362. The molecule has 2 nitrogen and oxygen atoms in total. The van der Waals surface area contributed by atoms with E-state index in [9.17, 15) is 18.0 Å². The van der Waals surface area contributed by atoms with E-state index in [1.165, 1.54) is 31.2 Å². The van der Waals surface area contributed by atoms with Crippen molar-refractivity contribution in [3.05, 3.63) is 35.4 Å². The number of hydrogen-bond donors (Lipinski definition) is 1. The van der Waals surface area contributed by atoms with Crippen molar-refractivity contribution in [1.82, 2.24) is 0 Å². The molecule has 2 atom stereocenters. The molecule has 5 heteroatoms. The van der Waals surface area contributed by atoms with E-state index in [1.54, 1.807) is 0 Å². The SMILES string of the molecule is CC(C(=O)O)c1ccc(C(F)C(F)F)cc1. The molecule has 0 saturated carbocycles. The van der Waals surface area contributed by atoms with Crippen LogP contribution in [-0.2, 0) is 4.79 Å². The molecule has 0 aromatic heterocycles. The fourth-order valence-corrected chi connectivity index (χ4v) is 1.26. The van der Waals surface area contributed by atoms with Crippen LogP contribution in [0.1, 0.15) is 30.1 Å². The van der Waals surface area contributed by atoms with Gasteiger partial charge in [-0.1, -0.05) is 24.3 Å². The van der Waals surface area contributed by atoms with Crippen molar-refractivity contribution < 1.29 is 23.1 Å². The van der Waals surface area contributed by atoms with Crippen LogP contribution in [0.4, 0.5) is 13.2 Å².